The van der Waals surface area contributed by atoms with Crippen LogP contribution in [0.1, 0.15) is 17.5 Å². The molecule has 108 valence electrons. The number of nitrogens with zero attached hydrogens (tertiary/aromatic N) is 1. The van der Waals surface area contributed by atoms with Crippen molar-refractivity contribution in [2.24, 2.45) is 0 Å². The highest BCUT2D eigenvalue weighted by molar-refractivity contribution is 5.94. The number of rotatable bonds is 3. The molecule has 0 spiro atoms. The summed E-state index contributed by atoms with van der Waals surface area (Å²) in [6, 6.07) is 5.51. The Balaban J connectivity index is 1.86. The zero-order valence-electron chi connectivity index (χ0n) is 11.6. The first-order valence-electron chi connectivity index (χ1n) is 6.70. The first-order chi connectivity index (χ1) is 9.60. The smallest absolute Gasteiger partial charge is 0.321 e. The van der Waals surface area contributed by atoms with Crippen molar-refractivity contribution < 1.29 is 9.59 Å². The second kappa shape index (κ2) is 6.38. The van der Waals surface area contributed by atoms with Crippen LogP contribution < -0.4 is 16.4 Å². The Labute approximate surface area is 118 Å². The minimum atomic E-state index is -0.469. The lowest BCUT2D eigenvalue weighted by Gasteiger charge is -2.29. The van der Waals surface area contributed by atoms with Crippen LogP contribution in [0.4, 0.5) is 10.5 Å². The first-order valence-corrected chi connectivity index (χ1v) is 6.70. The van der Waals surface area contributed by atoms with Crippen LogP contribution in [0.15, 0.2) is 18.2 Å². The number of urea groups is 1. The normalized spacial score (nSPS) is 14.4. The average Bonchev–Trinajstić information content (AvgIpc) is 2.45. The van der Waals surface area contributed by atoms with Crippen molar-refractivity contribution in [1.29, 1.82) is 0 Å². The summed E-state index contributed by atoms with van der Waals surface area (Å²) in [5.74, 6) is -0.267. The summed E-state index contributed by atoms with van der Waals surface area (Å²) in [5, 5.41) is 4.61. The molecule has 1 heterocycles. The van der Waals surface area contributed by atoms with Crippen LogP contribution in [0.5, 0.6) is 0 Å². The number of imide groups is 1. The van der Waals surface area contributed by atoms with Gasteiger partial charge in [-0.15, -0.1) is 0 Å². The molecule has 1 aromatic carbocycles. The Morgan fingerprint density at radius 2 is 2.20 bits per heavy atom. The molecule has 6 nitrogen and oxygen atoms in total. The van der Waals surface area contributed by atoms with Crippen LogP contribution in [-0.4, -0.2) is 37.0 Å². The van der Waals surface area contributed by atoms with E-state index < -0.39 is 6.03 Å². The number of carbonyl (C=O) groups is 2. The number of fused-ring (bicyclic) bond motifs is 1. The minimum absolute atomic E-state index is 0.267. The van der Waals surface area contributed by atoms with Gasteiger partial charge in [-0.2, -0.15) is 0 Å². The molecule has 0 saturated heterocycles. The first kappa shape index (κ1) is 14.3. The third kappa shape index (κ3) is 3.48. The van der Waals surface area contributed by atoms with Crippen molar-refractivity contribution in [3.05, 3.63) is 29.3 Å². The van der Waals surface area contributed by atoms with E-state index in [1.54, 1.807) is 0 Å². The maximum Gasteiger partial charge on any atom is 0.321 e. The number of carbonyl (C=O) groups excluding carboxylic acids is 2. The molecule has 0 unspecified atom stereocenters. The van der Waals surface area contributed by atoms with Gasteiger partial charge in [-0.25, -0.2) is 4.79 Å². The van der Waals surface area contributed by atoms with Gasteiger partial charge in [0, 0.05) is 38.8 Å². The van der Waals surface area contributed by atoms with Crippen LogP contribution in [0.2, 0.25) is 0 Å². The predicted molar refractivity (Wildman–Crippen MR) is 77.1 cm³/mol. The van der Waals surface area contributed by atoms with Gasteiger partial charge in [0.15, 0.2) is 0 Å². The van der Waals surface area contributed by atoms with Gasteiger partial charge in [-0.1, -0.05) is 12.1 Å². The lowest BCUT2D eigenvalue weighted by atomic mass is 9.98. The number of nitrogens with two attached hydrogens (primary N) is 1. The summed E-state index contributed by atoms with van der Waals surface area (Å²) in [4.78, 5) is 24.7. The Morgan fingerprint density at radius 3 is 2.95 bits per heavy atom. The molecular weight excluding hydrogens is 256 g/mol. The van der Waals surface area contributed by atoms with Crippen LogP contribution in [0.3, 0.4) is 0 Å². The van der Waals surface area contributed by atoms with Gasteiger partial charge >= 0.3 is 6.03 Å². The molecule has 0 aromatic heterocycles. The van der Waals surface area contributed by atoms with E-state index in [1.807, 2.05) is 12.1 Å². The van der Waals surface area contributed by atoms with Crippen molar-refractivity contribution in [2.75, 3.05) is 25.9 Å². The van der Waals surface area contributed by atoms with E-state index >= 15 is 0 Å². The van der Waals surface area contributed by atoms with Crippen molar-refractivity contribution in [2.45, 2.75) is 19.4 Å². The van der Waals surface area contributed by atoms with Crippen LogP contribution >= 0.6 is 0 Å². The van der Waals surface area contributed by atoms with E-state index in [0.29, 0.717) is 13.0 Å². The number of hydrogen-bond acceptors (Lipinski definition) is 4. The molecule has 0 bridgehead atoms. The summed E-state index contributed by atoms with van der Waals surface area (Å²) in [6.07, 6.45) is 1.24. The molecule has 0 radical (unpaired) electrons. The molecular formula is C14H20N4O2. The third-order valence-corrected chi connectivity index (χ3v) is 3.52. The topological polar surface area (TPSA) is 87.5 Å². The number of amides is 3. The summed E-state index contributed by atoms with van der Waals surface area (Å²) < 4.78 is 0. The molecule has 1 aliphatic heterocycles. The third-order valence-electron chi connectivity index (χ3n) is 3.52. The van der Waals surface area contributed by atoms with E-state index in [4.69, 9.17) is 5.73 Å². The monoisotopic (exact) mass is 276 g/mol. The number of nitrogens with one attached hydrogen (secondary N) is 2. The van der Waals surface area contributed by atoms with Gasteiger partial charge in [-0.05, 0) is 23.6 Å². The zero-order valence-corrected chi connectivity index (χ0v) is 11.6. The van der Waals surface area contributed by atoms with Gasteiger partial charge in [0.2, 0.25) is 5.91 Å². The van der Waals surface area contributed by atoms with Crippen LogP contribution in [-0.2, 0) is 17.8 Å². The standard InChI is InChI=1S/C14H20N4O2/c1-16-14(20)17-13(19)6-8-18-7-5-10-3-2-4-12(15)11(10)9-18/h2-4H,5-9,15H2,1H3,(H2,16,17,19,20). The molecule has 0 saturated carbocycles. The number of hydrogen-bond donors (Lipinski definition) is 3. The highest BCUT2D eigenvalue weighted by Gasteiger charge is 2.18. The van der Waals surface area contributed by atoms with E-state index in [2.05, 4.69) is 21.6 Å². The Bertz CT molecular complexity index is 516. The number of anilines is 1. The molecule has 6 heteroatoms. The largest absolute Gasteiger partial charge is 0.398 e. The molecule has 1 aromatic rings. The molecule has 2 rings (SSSR count). The summed E-state index contributed by atoms with van der Waals surface area (Å²) in [5.41, 5.74) is 9.24. The maximum absolute atomic E-state index is 11.5. The molecule has 3 amide bonds. The van der Waals surface area contributed by atoms with Gasteiger partial charge in [0.25, 0.3) is 0 Å². The fourth-order valence-electron chi connectivity index (χ4n) is 2.36. The molecule has 0 fully saturated rings. The lowest BCUT2D eigenvalue weighted by molar-refractivity contribution is -0.120. The van der Waals surface area contributed by atoms with E-state index in [9.17, 15) is 9.59 Å². The second-order valence-electron chi connectivity index (χ2n) is 4.89. The van der Waals surface area contributed by atoms with Crippen molar-refractivity contribution in [1.82, 2.24) is 15.5 Å². The Morgan fingerprint density at radius 1 is 1.40 bits per heavy atom. The summed E-state index contributed by atoms with van der Waals surface area (Å²) in [6.45, 7) is 2.29. The summed E-state index contributed by atoms with van der Waals surface area (Å²) in [7, 11) is 1.48. The highest BCUT2D eigenvalue weighted by atomic mass is 16.2. The molecule has 0 atom stereocenters. The lowest BCUT2D eigenvalue weighted by Crippen LogP contribution is -2.40. The summed E-state index contributed by atoms with van der Waals surface area (Å²) >= 11 is 0. The van der Waals surface area contributed by atoms with E-state index in [1.165, 1.54) is 12.6 Å². The van der Waals surface area contributed by atoms with Gasteiger partial charge in [0.1, 0.15) is 0 Å². The molecule has 1 aliphatic rings. The quantitative estimate of drug-likeness (QED) is 0.700. The molecule has 0 aliphatic carbocycles. The fraction of sp³-hybridized carbons (Fsp3) is 0.429. The van der Waals surface area contributed by atoms with Gasteiger partial charge in [0.05, 0.1) is 0 Å². The van der Waals surface area contributed by atoms with Crippen molar-refractivity contribution in [3.63, 3.8) is 0 Å². The Kier molecular flexibility index (Phi) is 4.57. The van der Waals surface area contributed by atoms with Crippen LogP contribution in [0, 0.1) is 0 Å². The zero-order chi connectivity index (χ0) is 14.5. The van der Waals surface area contributed by atoms with Crippen molar-refractivity contribution >= 4 is 17.6 Å². The van der Waals surface area contributed by atoms with E-state index in [-0.39, 0.29) is 5.91 Å². The molecule has 20 heavy (non-hydrogen) atoms. The van der Waals surface area contributed by atoms with E-state index in [0.717, 1.165) is 30.8 Å². The second-order valence-corrected chi connectivity index (χ2v) is 4.89. The highest BCUT2D eigenvalue weighted by Crippen LogP contribution is 2.24. The minimum Gasteiger partial charge on any atom is -0.398 e. The SMILES string of the molecule is CNC(=O)NC(=O)CCN1CCc2cccc(N)c2C1. The van der Waals surface area contributed by atoms with Crippen LogP contribution in [0.25, 0.3) is 0 Å². The Hall–Kier alpha value is -2.08. The number of benzene rings is 1. The van der Waals surface area contributed by atoms with Gasteiger partial charge < -0.3 is 11.1 Å². The average molecular weight is 276 g/mol. The molecule has 4 N–H and O–H groups in total. The van der Waals surface area contributed by atoms with Crippen molar-refractivity contribution in [3.8, 4) is 0 Å². The fourth-order valence-corrected chi connectivity index (χ4v) is 2.36. The van der Waals surface area contributed by atoms with Gasteiger partial charge in [-0.3, -0.25) is 15.0 Å². The predicted octanol–water partition coefficient (Wildman–Crippen LogP) is 0.473. The number of nitrogen functional groups attached to an aromatic ring is 1. The maximum atomic E-state index is 11.5.